The van der Waals surface area contributed by atoms with Crippen molar-refractivity contribution < 1.29 is 4.74 Å². The summed E-state index contributed by atoms with van der Waals surface area (Å²) in [5.74, 6) is 0.729. The van der Waals surface area contributed by atoms with Crippen molar-refractivity contribution in [3.05, 3.63) is 58.4 Å². The first-order chi connectivity index (χ1) is 11.0. The highest BCUT2D eigenvalue weighted by Gasteiger charge is 2.36. The Labute approximate surface area is 147 Å². The molecule has 1 aromatic heterocycles. The van der Waals surface area contributed by atoms with Crippen LogP contribution >= 0.6 is 11.6 Å². The molecule has 0 fully saturated rings. The van der Waals surface area contributed by atoms with Crippen LogP contribution in [0, 0.1) is 11.3 Å². The number of benzene rings is 1. The Morgan fingerprint density at radius 1 is 1.25 bits per heavy atom. The van der Waals surface area contributed by atoms with E-state index < -0.39 is 5.60 Å². The molecule has 0 atom stereocenters. The van der Waals surface area contributed by atoms with E-state index in [0.717, 1.165) is 22.6 Å². The van der Waals surface area contributed by atoms with Gasteiger partial charge in [0.25, 0.3) is 0 Å². The van der Waals surface area contributed by atoms with Crippen molar-refractivity contribution in [3.8, 4) is 11.8 Å². The second-order valence-electron chi connectivity index (χ2n) is 5.80. The number of hydrogen-bond donors (Lipinski definition) is 1. The third-order valence-electron chi connectivity index (χ3n) is 3.85. The summed E-state index contributed by atoms with van der Waals surface area (Å²) in [6, 6.07) is 11.7. The molecule has 2 heterocycles. The fourth-order valence-corrected chi connectivity index (χ4v) is 2.82. The summed E-state index contributed by atoms with van der Waals surface area (Å²) in [6.45, 7) is 3.77. The van der Waals surface area contributed by atoms with Crippen LogP contribution in [0.3, 0.4) is 0 Å². The highest BCUT2D eigenvalue weighted by atomic mass is 35.5. The summed E-state index contributed by atoms with van der Waals surface area (Å²) in [6.07, 6.45) is 1.59. The van der Waals surface area contributed by atoms with Crippen molar-refractivity contribution in [1.82, 2.24) is 4.98 Å². The number of anilines is 1. The molecule has 1 aliphatic rings. The first-order valence-corrected chi connectivity index (χ1v) is 7.62. The fraction of sp³-hybridized carbons (Fsp3) is 0.263. The van der Waals surface area contributed by atoms with Gasteiger partial charge in [0.1, 0.15) is 11.4 Å². The van der Waals surface area contributed by atoms with Crippen LogP contribution in [0.25, 0.3) is 5.57 Å². The number of halogens is 1. The molecule has 1 aromatic carbocycles. The highest BCUT2D eigenvalue weighted by molar-refractivity contribution is 6.30. The lowest BCUT2D eigenvalue weighted by Crippen LogP contribution is -2.34. The van der Waals surface area contributed by atoms with E-state index in [1.54, 1.807) is 12.3 Å². The molecule has 124 valence electrons. The van der Waals surface area contributed by atoms with Crippen molar-refractivity contribution in [2.45, 2.75) is 26.9 Å². The Kier molecular flexibility index (Phi) is 4.86. The Morgan fingerprint density at radius 3 is 2.58 bits per heavy atom. The molecule has 0 unspecified atom stereocenters. The van der Waals surface area contributed by atoms with E-state index in [-0.39, 0.29) is 7.43 Å². The quantitative estimate of drug-likeness (QED) is 0.843. The van der Waals surface area contributed by atoms with E-state index in [9.17, 15) is 5.26 Å². The third-order valence-corrected chi connectivity index (χ3v) is 4.08. The van der Waals surface area contributed by atoms with Gasteiger partial charge in [-0.3, -0.25) is 4.98 Å². The lowest BCUT2D eigenvalue weighted by Gasteiger charge is -2.34. The largest absolute Gasteiger partial charge is 0.482 e. The molecule has 0 bridgehead atoms. The average Bonchev–Trinajstić information content (AvgIpc) is 2.53. The Balaban J connectivity index is 0.00000208. The van der Waals surface area contributed by atoms with Crippen LogP contribution in [-0.4, -0.2) is 17.6 Å². The molecule has 0 saturated heterocycles. The molecule has 24 heavy (non-hydrogen) atoms. The lowest BCUT2D eigenvalue weighted by atomic mass is 9.85. The second-order valence-corrected chi connectivity index (χ2v) is 6.23. The number of rotatable bonds is 2. The molecule has 0 saturated carbocycles. The molecular weight excluding hydrogens is 322 g/mol. The summed E-state index contributed by atoms with van der Waals surface area (Å²) in [5, 5.41) is 13.3. The fourth-order valence-electron chi connectivity index (χ4n) is 2.71. The van der Waals surface area contributed by atoms with Crippen LogP contribution < -0.4 is 10.1 Å². The molecule has 4 nitrogen and oxygen atoms in total. The van der Waals surface area contributed by atoms with E-state index >= 15 is 0 Å². The molecule has 0 radical (unpaired) electrons. The Hall–Kier alpha value is -2.51. The number of fused-ring (bicyclic) bond motifs is 1. The van der Waals surface area contributed by atoms with Crippen molar-refractivity contribution in [2.75, 3.05) is 12.4 Å². The zero-order valence-electron chi connectivity index (χ0n) is 13.1. The summed E-state index contributed by atoms with van der Waals surface area (Å²) >= 11 is 5.94. The van der Waals surface area contributed by atoms with E-state index in [1.165, 1.54) is 0 Å². The molecule has 0 aliphatic carbocycles. The summed E-state index contributed by atoms with van der Waals surface area (Å²) < 4.78 is 6.07. The number of ether oxygens (including phenoxy) is 1. The van der Waals surface area contributed by atoms with Crippen LogP contribution in [0.2, 0.25) is 5.02 Å². The Bertz CT molecular complexity index is 833. The smallest absolute Gasteiger partial charge is 0.139 e. The van der Waals surface area contributed by atoms with Crippen molar-refractivity contribution in [2.24, 2.45) is 0 Å². The number of hydrogen-bond acceptors (Lipinski definition) is 4. The van der Waals surface area contributed by atoms with Crippen LogP contribution in [0.1, 0.15) is 32.5 Å². The van der Waals surface area contributed by atoms with Gasteiger partial charge in [0.15, 0.2) is 0 Å². The molecular formula is C19H20ClN3O. The zero-order chi connectivity index (χ0) is 16.6. The van der Waals surface area contributed by atoms with Crippen molar-refractivity contribution >= 4 is 22.9 Å². The topological polar surface area (TPSA) is 57.9 Å². The van der Waals surface area contributed by atoms with Gasteiger partial charge >= 0.3 is 0 Å². The van der Waals surface area contributed by atoms with E-state index in [4.69, 9.17) is 16.3 Å². The SMILES string of the molecule is C.CNc1ccc2c(c1)OC(C)(C)C(C#N)=C2c1ccc(Cl)cn1. The van der Waals surface area contributed by atoms with Gasteiger partial charge in [-0.05, 0) is 38.1 Å². The van der Waals surface area contributed by atoms with Crippen molar-refractivity contribution in [3.63, 3.8) is 0 Å². The summed E-state index contributed by atoms with van der Waals surface area (Å²) in [7, 11) is 1.86. The maximum Gasteiger partial charge on any atom is 0.139 e. The van der Waals surface area contributed by atoms with Crippen LogP contribution in [0.4, 0.5) is 5.69 Å². The van der Waals surface area contributed by atoms with Gasteiger partial charge in [0.2, 0.25) is 0 Å². The number of pyridine rings is 1. The molecule has 3 rings (SSSR count). The summed E-state index contributed by atoms with van der Waals surface area (Å²) in [5.41, 5.74) is 3.12. The highest BCUT2D eigenvalue weighted by Crippen LogP contribution is 2.44. The minimum atomic E-state index is -0.731. The van der Waals surface area contributed by atoms with Gasteiger partial charge in [-0.1, -0.05) is 19.0 Å². The van der Waals surface area contributed by atoms with Gasteiger partial charge < -0.3 is 10.1 Å². The van der Waals surface area contributed by atoms with E-state index in [1.807, 2.05) is 45.2 Å². The molecule has 0 spiro atoms. The third kappa shape index (κ3) is 2.95. The number of aromatic nitrogens is 1. The number of nitrogens with one attached hydrogen (secondary N) is 1. The van der Waals surface area contributed by atoms with Crippen LogP contribution in [0.5, 0.6) is 5.75 Å². The van der Waals surface area contributed by atoms with Gasteiger partial charge in [-0.15, -0.1) is 0 Å². The molecule has 2 aromatic rings. The van der Waals surface area contributed by atoms with E-state index in [0.29, 0.717) is 16.3 Å². The predicted molar refractivity (Wildman–Crippen MR) is 98.3 cm³/mol. The lowest BCUT2D eigenvalue weighted by molar-refractivity contribution is 0.149. The maximum atomic E-state index is 9.69. The van der Waals surface area contributed by atoms with Gasteiger partial charge in [0.05, 0.1) is 22.4 Å². The van der Waals surface area contributed by atoms with Crippen molar-refractivity contribution in [1.29, 1.82) is 5.26 Å². The second kappa shape index (κ2) is 6.54. The maximum absolute atomic E-state index is 9.69. The standard InChI is InChI=1S/C18H16ClN3O.CH4/c1-18(2)14(9-20)17(15-7-4-11(19)10-22-15)13-6-5-12(21-3)8-16(13)23-18;/h4-8,10,21H,1-3H3;1H4. The monoisotopic (exact) mass is 341 g/mol. The first kappa shape index (κ1) is 17.8. The predicted octanol–water partition coefficient (Wildman–Crippen LogP) is 4.91. The average molecular weight is 342 g/mol. The Morgan fingerprint density at radius 2 is 2.00 bits per heavy atom. The summed E-state index contributed by atoms with van der Waals surface area (Å²) in [4.78, 5) is 4.40. The van der Waals surface area contributed by atoms with Gasteiger partial charge in [-0.25, -0.2) is 0 Å². The zero-order valence-corrected chi connectivity index (χ0v) is 13.9. The first-order valence-electron chi connectivity index (χ1n) is 7.24. The molecule has 0 amide bonds. The molecule has 1 aliphatic heterocycles. The van der Waals surface area contributed by atoms with Crippen LogP contribution in [0.15, 0.2) is 42.1 Å². The van der Waals surface area contributed by atoms with Gasteiger partial charge in [0, 0.05) is 36.1 Å². The van der Waals surface area contributed by atoms with Crippen LogP contribution in [-0.2, 0) is 0 Å². The molecule has 5 heteroatoms. The van der Waals surface area contributed by atoms with E-state index in [2.05, 4.69) is 16.4 Å². The minimum Gasteiger partial charge on any atom is -0.482 e. The molecule has 1 N–H and O–H groups in total. The number of nitrogens with zero attached hydrogens (tertiary/aromatic N) is 2. The number of nitriles is 1. The normalized spacial score (nSPS) is 14.8. The minimum absolute atomic E-state index is 0. The van der Waals surface area contributed by atoms with Gasteiger partial charge in [-0.2, -0.15) is 5.26 Å².